The molecule has 1 aromatic carbocycles. The number of fused-ring (bicyclic) bond motifs is 1. The topological polar surface area (TPSA) is 96.8 Å². The van der Waals surface area contributed by atoms with Crippen LogP contribution < -0.4 is 5.49 Å². The molecule has 0 spiro atoms. The average Bonchev–Trinajstić information content (AvgIpc) is 3.39. The molecule has 33 heavy (non-hydrogen) atoms. The van der Waals surface area contributed by atoms with Crippen molar-refractivity contribution in [3.8, 4) is 0 Å². The number of benzene rings is 1. The largest absolute Gasteiger partial charge is 0.463 e. The van der Waals surface area contributed by atoms with Crippen molar-refractivity contribution >= 4 is 34.9 Å². The second kappa shape index (κ2) is 9.79. The first-order valence-corrected chi connectivity index (χ1v) is 12.0. The Balaban J connectivity index is 1.66. The second-order valence-electron chi connectivity index (χ2n) is 8.36. The van der Waals surface area contributed by atoms with Crippen LogP contribution in [0.2, 0.25) is 0 Å². The van der Waals surface area contributed by atoms with E-state index in [2.05, 4.69) is 43.1 Å². The quantitative estimate of drug-likeness (QED) is 0.234. The van der Waals surface area contributed by atoms with Crippen LogP contribution in [0.1, 0.15) is 38.7 Å². The SMILES string of the molecule is CCOC(=O)/C=C1\CC(CC)C(C(=N)n2c(=N)cnc3c2ccn3Sc2ccc(C)cc2)C1. The van der Waals surface area contributed by atoms with E-state index in [0.29, 0.717) is 18.9 Å². The Bertz CT molecular complexity index is 1270. The molecular weight excluding hydrogens is 434 g/mol. The van der Waals surface area contributed by atoms with Gasteiger partial charge in [-0.3, -0.25) is 19.4 Å². The molecule has 8 heteroatoms. The van der Waals surface area contributed by atoms with Crippen LogP contribution in [0.3, 0.4) is 0 Å². The normalized spacial score (nSPS) is 19.3. The maximum Gasteiger partial charge on any atom is 0.330 e. The van der Waals surface area contributed by atoms with E-state index < -0.39 is 0 Å². The first kappa shape index (κ1) is 23.0. The van der Waals surface area contributed by atoms with Crippen LogP contribution in [0.4, 0.5) is 0 Å². The highest BCUT2D eigenvalue weighted by atomic mass is 32.2. The van der Waals surface area contributed by atoms with Gasteiger partial charge >= 0.3 is 5.97 Å². The number of hydrogen-bond acceptors (Lipinski definition) is 6. The Morgan fingerprint density at radius 2 is 2.00 bits per heavy atom. The predicted molar refractivity (Wildman–Crippen MR) is 130 cm³/mol. The molecule has 2 heterocycles. The molecule has 7 nitrogen and oxygen atoms in total. The molecule has 2 aromatic heterocycles. The van der Waals surface area contributed by atoms with Gasteiger partial charge in [-0.2, -0.15) is 0 Å². The Hall–Kier alpha value is -3.13. The molecule has 2 unspecified atom stereocenters. The van der Waals surface area contributed by atoms with Gasteiger partial charge in [0.05, 0.1) is 18.3 Å². The van der Waals surface area contributed by atoms with E-state index in [9.17, 15) is 4.79 Å². The van der Waals surface area contributed by atoms with Crippen LogP contribution in [-0.4, -0.2) is 31.9 Å². The third-order valence-electron chi connectivity index (χ3n) is 6.12. The lowest BCUT2D eigenvalue weighted by Crippen LogP contribution is -2.33. The molecule has 2 atom stereocenters. The van der Waals surface area contributed by atoms with Gasteiger partial charge in [-0.05, 0) is 62.8 Å². The molecule has 1 aliphatic rings. The number of aromatic nitrogens is 3. The first-order valence-electron chi connectivity index (χ1n) is 11.2. The Labute approximate surface area is 197 Å². The molecular formula is C25H29N5O2S. The molecule has 172 valence electrons. The summed E-state index contributed by atoms with van der Waals surface area (Å²) in [5, 5.41) is 17.5. The molecule has 1 aliphatic carbocycles. The lowest BCUT2D eigenvalue weighted by atomic mass is 9.92. The van der Waals surface area contributed by atoms with Crippen LogP contribution in [0.25, 0.3) is 11.2 Å². The van der Waals surface area contributed by atoms with E-state index >= 15 is 0 Å². The van der Waals surface area contributed by atoms with Crippen LogP contribution in [-0.2, 0) is 9.53 Å². The highest BCUT2D eigenvalue weighted by Gasteiger charge is 2.34. The van der Waals surface area contributed by atoms with Crippen molar-refractivity contribution in [3.05, 3.63) is 65.4 Å². The summed E-state index contributed by atoms with van der Waals surface area (Å²) in [5.74, 6) is 0.241. The lowest BCUT2D eigenvalue weighted by molar-refractivity contribution is -0.137. The van der Waals surface area contributed by atoms with E-state index in [1.54, 1.807) is 29.5 Å². The van der Waals surface area contributed by atoms with Gasteiger partial charge in [-0.1, -0.05) is 36.6 Å². The van der Waals surface area contributed by atoms with Gasteiger partial charge in [0.25, 0.3) is 0 Å². The van der Waals surface area contributed by atoms with Gasteiger partial charge in [-0.15, -0.1) is 0 Å². The predicted octanol–water partition coefficient (Wildman–Crippen LogP) is 4.93. The van der Waals surface area contributed by atoms with Gasteiger partial charge in [0, 0.05) is 23.1 Å². The number of carbonyl (C=O) groups is 1. The van der Waals surface area contributed by atoms with Crippen LogP contribution in [0, 0.1) is 29.6 Å². The monoisotopic (exact) mass is 463 g/mol. The van der Waals surface area contributed by atoms with Crippen molar-refractivity contribution in [1.29, 1.82) is 10.8 Å². The minimum atomic E-state index is -0.320. The van der Waals surface area contributed by atoms with Gasteiger partial charge in [0.1, 0.15) is 11.3 Å². The maximum absolute atomic E-state index is 11.9. The molecule has 0 bridgehead atoms. The molecule has 0 aliphatic heterocycles. The van der Waals surface area contributed by atoms with E-state index in [-0.39, 0.29) is 23.3 Å². The zero-order valence-electron chi connectivity index (χ0n) is 19.2. The molecule has 4 rings (SSSR count). The molecule has 2 N–H and O–H groups in total. The van der Waals surface area contributed by atoms with E-state index in [0.717, 1.165) is 34.5 Å². The third-order valence-corrected chi connectivity index (χ3v) is 7.10. The molecule has 0 amide bonds. The van der Waals surface area contributed by atoms with Crippen molar-refractivity contribution < 1.29 is 9.53 Å². The minimum Gasteiger partial charge on any atom is -0.463 e. The van der Waals surface area contributed by atoms with Crippen molar-refractivity contribution in [2.24, 2.45) is 11.8 Å². The number of rotatable bonds is 6. The summed E-state index contributed by atoms with van der Waals surface area (Å²) in [6, 6.07) is 10.2. The van der Waals surface area contributed by atoms with E-state index in [1.165, 1.54) is 11.8 Å². The maximum atomic E-state index is 11.9. The van der Waals surface area contributed by atoms with Crippen LogP contribution in [0.15, 0.2) is 59.3 Å². The third kappa shape index (κ3) is 4.80. The highest BCUT2D eigenvalue weighted by Crippen LogP contribution is 2.39. The number of ether oxygens (including phenoxy) is 1. The zero-order valence-corrected chi connectivity index (χ0v) is 20.0. The smallest absolute Gasteiger partial charge is 0.330 e. The number of hydrogen-bond donors (Lipinski definition) is 2. The first-order chi connectivity index (χ1) is 15.9. The highest BCUT2D eigenvalue weighted by molar-refractivity contribution is 7.98. The molecule has 1 fully saturated rings. The van der Waals surface area contributed by atoms with Crippen molar-refractivity contribution in [3.63, 3.8) is 0 Å². The summed E-state index contributed by atoms with van der Waals surface area (Å²) in [5.41, 5.74) is 3.86. The van der Waals surface area contributed by atoms with E-state index in [4.69, 9.17) is 15.6 Å². The number of aryl methyl sites for hydroxylation is 1. The van der Waals surface area contributed by atoms with Gasteiger partial charge in [-0.25, -0.2) is 9.78 Å². The molecule has 3 aromatic rings. The zero-order chi connectivity index (χ0) is 23.5. The van der Waals surface area contributed by atoms with E-state index in [1.807, 2.05) is 16.2 Å². The Kier molecular flexibility index (Phi) is 6.83. The van der Waals surface area contributed by atoms with Crippen LogP contribution in [0.5, 0.6) is 0 Å². The number of esters is 1. The number of nitrogens with one attached hydrogen (secondary N) is 2. The fourth-order valence-corrected chi connectivity index (χ4v) is 5.28. The van der Waals surface area contributed by atoms with Gasteiger partial charge < -0.3 is 4.74 Å². The summed E-state index contributed by atoms with van der Waals surface area (Å²) in [7, 11) is 0. The Morgan fingerprint density at radius 1 is 1.24 bits per heavy atom. The number of carbonyl (C=O) groups excluding carboxylic acids is 1. The average molecular weight is 464 g/mol. The number of nitrogens with zero attached hydrogens (tertiary/aromatic N) is 3. The summed E-state index contributed by atoms with van der Waals surface area (Å²) < 4.78 is 8.73. The second-order valence-corrected chi connectivity index (χ2v) is 9.40. The minimum absolute atomic E-state index is 0.0662. The summed E-state index contributed by atoms with van der Waals surface area (Å²) in [6.45, 7) is 6.32. The number of allylic oxidation sites excluding steroid dienone is 1. The van der Waals surface area contributed by atoms with Crippen molar-refractivity contribution in [1.82, 2.24) is 13.5 Å². The Morgan fingerprint density at radius 3 is 2.70 bits per heavy atom. The molecule has 1 saturated carbocycles. The van der Waals surface area contributed by atoms with Crippen molar-refractivity contribution in [2.45, 2.75) is 44.9 Å². The fraction of sp³-hybridized carbons (Fsp3) is 0.360. The summed E-state index contributed by atoms with van der Waals surface area (Å²) >= 11 is 1.56. The summed E-state index contributed by atoms with van der Waals surface area (Å²) in [4.78, 5) is 17.5. The lowest BCUT2D eigenvalue weighted by Gasteiger charge is -2.21. The van der Waals surface area contributed by atoms with Gasteiger partial charge in [0.2, 0.25) is 0 Å². The fourth-order valence-electron chi connectivity index (χ4n) is 4.44. The molecule has 0 saturated heterocycles. The van der Waals surface area contributed by atoms with Gasteiger partial charge in [0.15, 0.2) is 5.65 Å². The molecule has 0 radical (unpaired) electrons. The van der Waals surface area contributed by atoms with Crippen LogP contribution >= 0.6 is 11.9 Å². The van der Waals surface area contributed by atoms with Crippen molar-refractivity contribution in [2.75, 3.05) is 6.61 Å². The summed E-state index contributed by atoms with van der Waals surface area (Å²) in [6.07, 6.45) is 7.33. The standard InChI is InChI=1S/C25H29N5O2S/c1-4-18-12-17(14-23(31)32-5-2)13-20(18)24(27)30-21-10-11-29(25(21)28-15-22(30)26)33-19-8-6-16(3)7-9-19/h6-11,14-15,18,20,26-27H,4-5,12-13H2,1-3H3/b17-14+,26-22?,27-24?.